The highest BCUT2D eigenvalue weighted by molar-refractivity contribution is 6.33. The fourth-order valence-corrected chi connectivity index (χ4v) is 3.38. The van der Waals surface area contributed by atoms with Gasteiger partial charge in [-0.2, -0.15) is 10.2 Å². The van der Waals surface area contributed by atoms with Crippen LogP contribution in [0, 0.1) is 19.7 Å². The van der Waals surface area contributed by atoms with Crippen LogP contribution in [0.2, 0.25) is 5.02 Å². The Kier molecular flexibility index (Phi) is 6.23. The zero-order valence-electron chi connectivity index (χ0n) is 17.5. The van der Waals surface area contributed by atoms with Crippen molar-refractivity contribution >= 4 is 23.3 Å². The Morgan fingerprint density at radius 1 is 1.12 bits per heavy atom. The minimum Gasteiger partial charge on any atom is -0.471 e. The maximum Gasteiger partial charge on any atom is 0.277 e. The number of nitrogens with zero attached hydrogens (tertiary/aromatic N) is 4. The molecule has 4 aromatic rings. The van der Waals surface area contributed by atoms with E-state index in [1.54, 1.807) is 30.5 Å². The smallest absolute Gasteiger partial charge is 0.277 e. The second-order valence-corrected chi connectivity index (χ2v) is 7.76. The van der Waals surface area contributed by atoms with Crippen molar-refractivity contribution in [1.82, 2.24) is 19.6 Å². The molecule has 0 atom stereocenters. The highest BCUT2D eigenvalue weighted by Crippen LogP contribution is 2.22. The Balaban J connectivity index is 1.39. The van der Waals surface area contributed by atoms with Gasteiger partial charge in [-0.05, 0) is 37.6 Å². The van der Waals surface area contributed by atoms with Crippen LogP contribution < -0.4 is 10.1 Å². The molecule has 7 nitrogen and oxygen atoms in total. The van der Waals surface area contributed by atoms with E-state index in [-0.39, 0.29) is 35.6 Å². The molecule has 0 unspecified atom stereocenters. The zero-order valence-corrected chi connectivity index (χ0v) is 18.3. The Hall–Kier alpha value is -3.65. The van der Waals surface area contributed by atoms with Crippen LogP contribution in [-0.4, -0.2) is 25.5 Å². The number of carbonyl (C=O) groups is 1. The number of nitrogens with one attached hydrogen (secondary N) is 1. The first-order valence-electron chi connectivity index (χ1n) is 9.90. The second kappa shape index (κ2) is 9.23. The highest BCUT2D eigenvalue weighted by atomic mass is 35.5. The van der Waals surface area contributed by atoms with Crippen LogP contribution in [0.4, 0.5) is 10.2 Å². The van der Waals surface area contributed by atoms with Gasteiger partial charge in [-0.15, -0.1) is 0 Å². The average Bonchev–Trinajstić information content (AvgIpc) is 3.36. The lowest BCUT2D eigenvalue weighted by Gasteiger charge is -2.09. The first-order chi connectivity index (χ1) is 15.4. The molecule has 4 rings (SSSR count). The van der Waals surface area contributed by atoms with Gasteiger partial charge in [0.2, 0.25) is 0 Å². The number of benzene rings is 2. The number of hydrogen-bond donors (Lipinski definition) is 1. The molecule has 0 aliphatic heterocycles. The van der Waals surface area contributed by atoms with E-state index in [9.17, 15) is 9.18 Å². The average molecular weight is 454 g/mol. The Morgan fingerprint density at radius 3 is 2.72 bits per heavy atom. The molecule has 0 bridgehead atoms. The van der Waals surface area contributed by atoms with E-state index in [0.717, 1.165) is 16.9 Å². The summed E-state index contributed by atoms with van der Waals surface area (Å²) in [5.41, 5.74) is 2.83. The van der Waals surface area contributed by atoms with E-state index in [1.165, 1.54) is 21.6 Å². The van der Waals surface area contributed by atoms with Crippen LogP contribution in [0.5, 0.6) is 5.75 Å². The zero-order chi connectivity index (χ0) is 22.7. The molecule has 0 aliphatic carbocycles. The van der Waals surface area contributed by atoms with Crippen LogP contribution in [0.15, 0.2) is 60.9 Å². The van der Waals surface area contributed by atoms with Crippen molar-refractivity contribution < 1.29 is 13.9 Å². The predicted molar refractivity (Wildman–Crippen MR) is 119 cm³/mol. The topological polar surface area (TPSA) is 74.0 Å². The van der Waals surface area contributed by atoms with Gasteiger partial charge < -0.3 is 10.1 Å². The fourth-order valence-electron chi connectivity index (χ4n) is 3.19. The lowest BCUT2D eigenvalue weighted by atomic mass is 10.1. The summed E-state index contributed by atoms with van der Waals surface area (Å²) in [6.45, 7) is 4.34. The van der Waals surface area contributed by atoms with Gasteiger partial charge in [0.25, 0.3) is 5.91 Å². The number of carbonyl (C=O) groups excluding carboxylic acids is 1. The van der Waals surface area contributed by atoms with Crippen molar-refractivity contribution in [1.29, 1.82) is 0 Å². The summed E-state index contributed by atoms with van der Waals surface area (Å²) in [6, 6.07) is 13.9. The van der Waals surface area contributed by atoms with E-state index >= 15 is 0 Å². The normalized spacial score (nSPS) is 10.9. The molecule has 2 aromatic heterocycles. The molecule has 0 radical (unpaired) electrons. The summed E-state index contributed by atoms with van der Waals surface area (Å²) < 4.78 is 22.6. The van der Waals surface area contributed by atoms with Gasteiger partial charge in [0.1, 0.15) is 16.6 Å². The molecule has 1 amide bonds. The molecule has 2 heterocycles. The van der Waals surface area contributed by atoms with Crippen molar-refractivity contribution in [2.75, 3.05) is 5.32 Å². The lowest BCUT2D eigenvalue weighted by Crippen LogP contribution is -2.15. The fraction of sp³-hybridized carbons (Fsp3) is 0.174. The molecule has 0 spiro atoms. The maximum atomic E-state index is 13.9. The van der Waals surface area contributed by atoms with Crippen molar-refractivity contribution in [3.05, 3.63) is 94.1 Å². The molecule has 0 saturated heterocycles. The predicted octanol–water partition coefficient (Wildman–Crippen LogP) is 4.83. The molecule has 1 N–H and O–H groups in total. The lowest BCUT2D eigenvalue weighted by molar-refractivity contribution is 0.101. The van der Waals surface area contributed by atoms with E-state index < -0.39 is 5.91 Å². The molecule has 2 aromatic carbocycles. The first-order valence-corrected chi connectivity index (χ1v) is 10.3. The summed E-state index contributed by atoms with van der Waals surface area (Å²) in [7, 11) is 0. The summed E-state index contributed by atoms with van der Waals surface area (Å²) in [6.07, 6.45) is 3.18. The third-order valence-electron chi connectivity index (χ3n) is 4.80. The van der Waals surface area contributed by atoms with Crippen molar-refractivity contribution in [3.8, 4) is 5.75 Å². The van der Waals surface area contributed by atoms with E-state index in [0.29, 0.717) is 5.56 Å². The summed E-state index contributed by atoms with van der Waals surface area (Å²) >= 11 is 6.19. The van der Waals surface area contributed by atoms with Gasteiger partial charge in [0.15, 0.2) is 18.2 Å². The van der Waals surface area contributed by atoms with E-state index in [4.69, 9.17) is 16.3 Å². The number of hydrogen-bond acceptors (Lipinski definition) is 4. The minimum absolute atomic E-state index is 0.162. The Morgan fingerprint density at radius 2 is 1.94 bits per heavy atom. The molecular formula is C23H21ClFN5O2. The van der Waals surface area contributed by atoms with Gasteiger partial charge in [-0.3, -0.25) is 9.48 Å². The summed E-state index contributed by atoms with van der Waals surface area (Å²) in [5.74, 6) is 0.130. The molecule has 9 heteroatoms. The van der Waals surface area contributed by atoms with Gasteiger partial charge >= 0.3 is 0 Å². The highest BCUT2D eigenvalue weighted by Gasteiger charge is 2.15. The van der Waals surface area contributed by atoms with Crippen LogP contribution in [-0.2, 0) is 13.3 Å². The van der Waals surface area contributed by atoms with Gasteiger partial charge in [-0.1, -0.05) is 47.5 Å². The Labute approximate surface area is 189 Å². The van der Waals surface area contributed by atoms with E-state index in [1.807, 2.05) is 32.0 Å². The summed E-state index contributed by atoms with van der Waals surface area (Å²) in [5, 5.41) is 11.4. The number of halogens is 2. The molecule has 0 aliphatic rings. The number of aryl methyl sites for hydroxylation is 2. The third-order valence-corrected chi connectivity index (χ3v) is 5.07. The molecule has 0 saturated carbocycles. The number of aromatic nitrogens is 4. The summed E-state index contributed by atoms with van der Waals surface area (Å²) in [4.78, 5) is 12.6. The first kappa shape index (κ1) is 21.6. The minimum atomic E-state index is -0.465. The van der Waals surface area contributed by atoms with Gasteiger partial charge in [0.05, 0.1) is 6.54 Å². The van der Waals surface area contributed by atoms with Gasteiger partial charge in [-0.25, -0.2) is 9.07 Å². The van der Waals surface area contributed by atoms with Crippen LogP contribution >= 0.6 is 11.6 Å². The van der Waals surface area contributed by atoms with Crippen molar-refractivity contribution in [2.24, 2.45) is 0 Å². The quantitative estimate of drug-likeness (QED) is 0.435. The molecular weight excluding hydrogens is 433 g/mol. The number of rotatable bonds is 7. The number of ether oxygens (including phenoxy) is 1. The van der Waals surface area contributed by atoms with Crippen LogP contribution in [0.1, 0.15) is 27.2 Å². The van der Waals surface area contributed by atoms with Crippen LogP contribution in [0.3, 0.4) is 0 Å². The maximum absolute atomic E-state index is 13.9. The van der Waals surface area contributed by atoms with Crippen molar-refractivity contribution in [2.45, 2.75) is 27.1 Å². The molecule has 164 valence electrons. The largest absolute Gasteiger partial charge is 0.471 e. The third kappa shape index (κ3) is 4.97. The number of amides is 1. The van der Waals surface area contributed by atoms with E-state index in [2.05, 4.69) is 15.5 Å². The second-order valence-electron chi connectivity index (χ2n) is 7.35. The Bertz CT molecular complexity index is 1270. The monoisotopic (exact) mass is 453 g/mol. The number of anilines is 1. The standard InChI is InChI=1S/C23H21ClFN5O2/c1-15-7-8-21(16(2)11-15)32-14-29-10-9-20(27-29)23(31)26-22-18(24)13-30(28-22)12-17-5-3-4-6-19(17)25/h3-11,13H,12,14H2,1-2H3,(H,26,28,31). The van der Waals surface area contributed by atoms with Crippen LogP contribution in [0.25, 0.3) is 0 Å². The molecule has 32 heavy (non-hydrogen) atoms. The molecule has 0 fully saturated rings. The van der Waals surface area contributed by atoms with Crippen molar-refractivity contribution in [3.63, 3.8) is 0 Å². The van der Waals surface area contributed by atoms with Gasteiger partial charge in [0, 0.05) is 18.0 Å². The SMILES string of the molecule is Cc1ccc(OCn2ccc(C(=O)Nc3nn(Cc4ccccc4F)cc3Cl)n2)c(C)c1.